The van der Waals surface area contributed by atoms with Gasteiger partial charge in [0.1, 0.15) is 17.8 Å². The first kappa shape index (κ1) is 46.7. The molecule has 16 heteroatoms. The van der Waals surface area contributed by atoms with Crippen LogP contribution in [0.25, 0.3) is 0 Å². The Morgan fingerprint density at radius 1 is 1.00 bits per heavy atom. The number of likely N-dealkylation sites (N-methyl/N-ethyl adjacent to an activating group) is 1. The molecule has 1 amide bonds. The number of carbonyl (C=O) groups excluding carboxylic acids is 3. The van der Waals surface area contributed by atoms with Gasteiger partial charge >= 0.3 is 12.1 Å². The standard InChI is InChI=1S/C40H71N3O13/c1-14-27-40(10)32(45)22(4)30(56-40)20(2)18-38(8,48)33(54-36-29(44)26(43(11)12)17-21(3)50-36)23(5)31(24(6)35(46)52-27)53-28-19-39(9,49-13)34(25(7)51-28)55-37(47)42-16-15-41/h20-31,33-34,36,44,48H,14-19,41H2,1-13H3,(H,42,47)/t20-,21-,22-,23+,24-,25+,26+,27+,28+,29-,30-,31+,33+,34?,36+,38+,39-,40-/m1/s1. The minimum Gasteiger partial charge on any atom is -0.459 e. The molecule has 0 saturated carbocycles. The number of alkyl carbamates (subject to hydrolysis) is 1. The molecule has 4 saturated heterocycles. The number of nitrogens with two attached hydrogens (primary N) is 1. The maximum atomic E-state index is 14.3. The van der Waals surface area contributed by atoms with Crippen molar-refractivity contribution in [2.75, 3.05) is 34.3 Å². The Kier molecular flexibility index (Phi) is 15.4. The number of Topliss-reactive ketones (excluding diaryl/α,β-unsaturated/α-hetero) is 1. The van der Waals surface area contributed by atoms with Gasteiger partial charge in [0.05, 0.1) is 42.0 Å². The largest absolute Gasteiger partial charge is 0.459 e. The van der Waals surface area contributed by atoms with Gasteiger partial charge in [-0.2, -0.15) is 0 Å². The summed E-state index contributed by atoms with van der Waals surface area (Å²) >= 11 is 0. The Labute approximate surface area is 333 Å². The van der Waals surface area contributed by atoms with Crippen molar-refractivity contribution in [3.8, 4) is 0 Å². The highest BCUT2D eigenvalue weighted by Crippen LogP contribution is 2.45. The van der Waals surface area contributed by atoms with Crippen LogP contribution in [0.5, 0.6) is 0 Å². The molecule has 0 aromatic rings. The highest BCUT2D eigenvalue weighted by molar-refractivity contribution is 5.92. The number of aliphatic hydroxyl groups excluding tert-OH is 1. The monoisotopic (exact) mass is 801 g/mol. The van der Waals surface area contributed by atoms with Crippen molar-refractivity contribution in [1.82, 2.24) is 10.2 Å². The van der Waals surface area contributed by atoms with E-state index in [4.69, 9.17) is 43.6 Å². The summed E-state index contributed by atoms with van der Waals surface area (Å²) in [6.45, 7) is 18.3. The van der Waals surface area contributed by atoms with Crippen molar-refractivity contribution >= 4 is 17.8 Å². The van der Waals surface area contributed by atoms with E-state index in [1.54, 1.807) is 34.6 Å². The fraction of sp³-hybridized carbons (Fsp3) is 0.925. The average molecular weight is 802 g/mol. The number of rotatable bonds is 10. The first-order valence-electron chi connectivity index (χ1n) is 20.4. The van der Waals surface area contributed by atoms with Gasteiger partial charge in [-0.15, -0.1) is 0 Å². The number of methoxy groups -OCH3 is 1. The van der Waals surface area contributed by atoms with Gasteiger partial charge in [-0.25, -0.2) is 4.79 Å². The van der Waals surface area contributed by atoms with Gasteiger partial charge in [0.15, 0.2) is 30.1 Å². The van der Waals surface area contributed by atoms with Gasteiger partial charge in [-0.1, -0.05) is 27.7 Å². The maximum Gasteiger partial charge on any atom is 0.407 e. The number of esters is 1. The zero-order valence-corrected chi connectivity index (χ0v) is 35.8. The molecule has 0 radical (unpaired) electrons. The van der Waals surface area contributed by atoms with E-state index < -0.39 is 102 Å². The molecule has 18 atom stereocenters. The zero-order valence-electron chi connectivity index (χ0n) is 35.8. The number of carbonyl (C=O) groups is 3. The predicted molar refractivity (Wildman–Crippen MR) is 204 cm³/mol. The number of nitrogens with zero attached hydrogens (tertiary/aromatic N) is 1. The summed E-state index contributed by atoms with van der Waals surface area (Å²) in [7, 11) is 5.26. The number of hydrogen-bond acceptors (Lipinski definition) is 15. The second kappa shape index (κ2) is 18.5. The van der Waals surface area contributed by atoms with E-state index in [0.717, 1.165) is 0 Å². The minimum atomic E-state index is -1.64. The molecule has 5 N–H and O–H groups in total. The average Bonchev–Trinajstić information content (AvgIpc) is 3.36. The third-order valence-electron chi connectivity index (χ3n) is 12.7. The Balaban J connectivity index is 1.78. The van der Waals surface area contributed by atoms with E-state index in [-0.39, 0.29) is 49.8 Å². The van der Waals surface area contributed by atoms with Gasteiger partial charge in [-0.3, -0.25) is 9.59 Å². The number of amides is 1. The Hall–Kier alpha value is -1.99. The van der Waals surface area contributed by atoms with E-state index in [9.17, 15) is 24.6 Å². The van der Waals surface area contributed by atoms with Gasteiger partial charge in [0.2, 0.25) is 0 Å². The van der Waals surface area contributed by atoms with Crippen LogP contribution in [0.3, 0.4) is 0 Å². The van der Waals surface area contributed by atoms with Crippen LogP contribution in [-0.2, 0) is 47.5 Å². The molecule has 0 aliphatic carbocycles. The number of ether oxygens (including phenoxy) is 8. The van der Waals surface area contributed by atoms with Crippen molar-refractivity contribution in [1.29, 1.82) is 0 Å². The Bertz CT molecular complexity index is 1350. The lowest BCUT2D eigenvalue weighted by molar-refractivity contribution is -0.317. The number of cyclic esters (lactones) is 1. The van der Waals surface area contributed by atoms with Gasteiger partial charge in [-0.05, 0) is 80.8 Å². The van der Waals surface area contributed by atoms with Crippen LogP contribution in [0, 0.1) is 23.7 Å². The van der Waals surface area contributed by atoms with Crippen molar-refractivity contribution in [3.63, 3.8) is 0 Å². The summed E-state index contributed by atoms with van der Waals surface area (Å²) in [5.74, 6) is -3.46. The highest BCUT2D eigenvalue weighted by Gasteiger charge is 2.59. The first-order valence-corrected chi connectivity index (χ1v) is 20.4. The van der Waals surface area contributed by atoms with Crippen LogP contribution in [0.2, 0.25) is 0 Å². The van der Waals surface area contributed by atoms with Crippen LogP contribution >= 0.6 is 0 Å². The molecule has 0 spiro atoms. The normalized spacial score (nSPS) is 46.7. The summed E-state index contributed by atoms with van der Waals surface area (Å²) in [6.07, 6.45) is -8.19. The summed E-state index contributed by atoms with van der Waals surface area (Å²) in [4.78, 5) is 42.8. The molecular formula is C40H71N3O13. The minimum absolute atomic E-state index is 0.0939. The number of aliphatic hydroxyl groups is 2. The fourth-order valence-corrected chi connectivity index (χ4v) is 9.55. The third-order valence-corrected chi connectivity index (χ3v) is 12.7. The quantitative estimate of drug-likeness (QED) is 0.234. The van der Waals surface area contributed by atoms with Crippen molar-refractivity contribution in [2.45, 2.75) is 179 Å². The molecule has 4 aliphatic rings. The lowest BCUT2D eigenvalue weighted by Crippen LogP contribution is -2.61. The van der Waals surface area contributed by atoms with Crippen LogP contribution < -0.4 is 11.1 Å². The lowest BCUT2D eigenvalue weighted by Gasteiger charge is -2.49. The third kappa shape index (κ3) is 9.72. The van der Waals surface area contributed by atoms with E-state index in [1.165, 1.54) is 7.11 Å². The van der Waals surface area contributed by atoms with Crippen LogP contribution in [0.4, 0.5) is 4.79 Å². The summed E-state index contributed by atoms with van der Waals surface area (Å²) < 4.78 is 50.6. The van der Waals surface area contributed by atoms with Gasteiger partial charge in [0, 0.05) is 44.5 Å². The van der Waals surface area contributed by atoms with Crippen molar-refractivity contribution in [3.05, 3.63) is 0 Å². The molecule has 0 aromatic heterocycles. The summed E-state index contributed by atoms with van der Waals surface area (Å²) in [6, 6.07) is -0.294. The molecule has 324 valence electrons. The second-order valence-electron chi connectivity index (χ2n) is 17.6. The zero-order chi connectivity index (χ0) is 42.1. The first-order chi connectivity index (χ1) is 26.0. The molecule has 16 nitrogen and oxygen atoms in total. The predicted octanol–water partition coefficient (Wildman–Crippen LogP) is 2.52. The lowest BCUT2D eigenvalue weighted by atomic mass is 9.75. The molecule has 1 unspecified atom stereocenters. The maximum absolute atomic E-state index is 14.3. The molecule has 2 bridgehead atoms. The number of fused-ring (bicyclic) bond motifs is 2. The van der Waals surface area contributed by atoms with Crippen LogP contribution in [0.1, 0.15) is 94.9 Å². The fourth-order valence-electron chi connectivity index (χ4n) is 9.55. The number of ketones is 1. The highest BCUT2D eigenvalue weighted by atomic mass is 16.7. The number of hydrogen-bond donors (Lipinski definition) is 4. The Morgan fingerprint density at radius 2 is 1.66 bits per heavy atom. The van der Waals surface area contributed by atoms with Crippen LogP contribution in [0.15, 0.2) is 0 Å². The molecule has 4 aliphatic heterocycles. The SMILES string of the molecule is CC[C@@H]1OC(=O)[C@H](C)[C@@H](O[C@H]2C[C@@](C)(OC)C(OC(=O)NCCN)[C@H](C)O2)[C@H](C)[C@H](O[C@@H]2O[C@H](C)C[C@H](N(C)C)[C@H]2O)[C@@](C)(O)C[C@@H](C)[C@H]2O[C@@]1(C)C(=O)[C@@H]2C. The van der Waals surface area contributed by atoms with E-state index in [1.807, 2.05) is 53.6 Å². The second-order valence-corrected chi connectivity index (χ2v) is 17.6. The number of nitrogens with one attached hydrogen (secondary N) is 1. The Morgan fingerprint density at radius 3 is 2.25 bits per heavy atom. The molecule has 4 fully saturated rings. The van der Waals surface area contributed by atoms with Gasteiger partial charge in [0.25, 0.3) is 0 Å². The van der Waals surface area contributed by atoms with Crippen molar-refractivity contribution in [2.24, 2.45) is 29.4 Å². The van der Waals surface area contributed by atoms with Crippen molar-refractivity contribution < 1.29 is 62.5 Å². The van der Waals surface area contributed by atoms with E-state index in [2.05, 4.69) is 5.32 Å². The topological polar surface area (TPSA) is 207 Å². The summed E-state index contributed by atoms with van der Waals surface area (Å²) in [5.41, 5.74) is 1.42. The molecule has 56 heavy (non-hydrogen) atoms. The van der Waals surface area contributed by atoms with Gasteiger partial charge < -0.3 is 64.1 Å². The smallest absolute Gasteiger partial charge is 0.407 e. The molecule has 0 aromatic carbocycles. The molecular weight excluding hydrogens is 730 g/mol. The van der Waals surface area contributed by atoms with Crippen LogP contribution in [-0.4, -0.2) is 152 Å². The summed E-state index contributed by atoms with van der Waals surface area (Å²) in [5, 5.41) is 26.8. The molecule has 4 rings (SSSR count). The van der Waals surface area contributed by atoms with E-state index >= 15 is 0 Å². The van der Waals surface area contributed by atoms with E-state index in [0.29, 0.717) is 12.8 Å². The molecule has 4 heterocycles.